The van der Waals surface area contributed by atoms with Gasteiger partial charge in [0.2, 0.25) is 0 Å². The van der Waals surface area contributed by atoms with Crippen molar-refractivity contribution < 1.29 is 10.2 Å². The van der Waals surface area contributed by atoms with E-state index in [0.29, 0.717) is 11.8 Å². The van der Waals surface area contributed by atoms with Crippen LogP contribution in [0.2, 0.25) is 0 Å². The molecule has 0 aromatic heterocycles. The van der Waals surface area contributed by atoms with Crippen LogP contribution < -0.4 is 0 Å². The van der Waals surface area contributed by atoms with E-state index in [2.05, 4.69) is 20.8 Å². The van der Waals surface area contributed by atoms with Gasteiger partial charge in [0.1, 0.15) is 11.5 Å². The predicted molar refractivity (Wildman–Crippen MR) is 57.6 cm³/mol. The molecule has 1 aromatic rings. The second-order valence-electron chi connectivity index (χ2n) is 4.00. The van der Waals surface area contributed by atoms with Crippen LogP contribution >= 0.6 is 0 Å². The number of rotatable bonds is 3. The van der Waals surface area contributed by atoms with E-state index in [-0.39, 0.29) is 11.5 Å². The molecule has 0 spiro atoms. The molecule has 0 fully saturated rings. The highest BCUT2D eigenvalue weighted by molar-refractivity contribution is 5.41. The van der Waals surface area contributed by atoms with Crippen molar-refractivity contribution in [3.05, 3.63) is 23.8 Å². The number of hydrogen-bond donors (Lipinski definition) is 2. The molecule has 0 aliphatic rings. The molecule has 14 heavy (non-hydrogen) atoms. The summed E-state index contributed by atoms with van der Waals surface area (Å²) in [4.78, 5) is 0. The zero-order valence-electron chi connectivity index (χ0n) is 8.99. The molecule has 0 amide bonds. The summed E-state index contributed by atoms with van der Waals surface area (Å²) < 4.78 is 0. The summed E-state index contributed by atoms with van der Waals surface area (Å²) >= 11 is 0. The second-order valence-corrected chi connectivity index (χ2v) is 4.00. The van der Waals surface area contributed by atoms with Crippen molar-refractivity contribution in [1.29, 1.82) is 0 Å². The Balaban J connectivity index is 3.04. The summed E-state index contributed by atoms with van der Waals surface area (Å²) in [7, 11) is 0. The molecule has 1 atom stereocenters. The molecular formula is C12H18O2. The predicted octanol–water partition coefficient (Wildman–Crippen LogP) is 3.25. The summed E-state index contributed by atoms with van der Waals surface area (Å²) in [5.41, 5.74) is 0.931. The largest absolute Gasteiger partial charge is 0.508 e. The minimum atomic E-state index is 0.116. The Hall–Kier alpha value is -1.18. The maximum Gasteiger partial charge on any atom is 0.122 e. The molecule has 0 aliphatic heterocycles. The molecule has 0 aliphatic carbocycles. The van der Waals surface area contributed by atoms with Gasteiger partial charge in [-0.15, -0.1) is 0 Å². The van der Waals surface area contributed by atoms with E-state index in [0.717, 1.165) is 12.0 Å². The average Bonchev–Trinajstić information content (AvgIpc) is 2.09. The first-order chi connectivity index (χ1) is 6.56. The lowest BCUT2D eigenvalue weighted by Gasteiger charge is -2.20. The van der Waals surface area contributed by atoms with Gasteiger partial charge >= 0.3 is 0 Å². The van der Waals surface area contributed by atoms with Crippen LogP contribution in [0, 0.1) is 5.92 Å². The summed E-state index contributed by atoms with van der Waals surface area (Å²) in [5.74, 6) is 1.17. The Bertz CT molecular complexity index is 305. The van der Waals surface area contributed by atoms with Gasteiger partial charge in [0.25, 0.3) is 0 Å². The average molecular weight is 194 g/mol. The van der Waals surface area contributed by atoms with Gasteiger partial charge in [-0.25, -0.2) is 0 Å². The third kappa shape index (κ3) is 2.19. The van der Waals surface area contributed by atoms with Gasteiger partial charge in [-0.2, -0.15) is 0 Å². The molecule has 1 unspecified atom stereocenters. The van der Waals surface area contributed by atoms with Crippen molar-refractivity contribution in [3.8, 4) is 11.5 Å². The molecule has 0 saturated carbocycles. The monoisotopic (exact) mass is 194 g/mol. The molecule has 0 heterocycles. The molecular weight excluding hydrogens is 176 g/mol. The normalized spacial score (nSPS) is 13.1. The lowest BCUT2D eigenvalue weighted by molar-refractivity contribution is 0.420. The molecule has 0 saturated heterocycles. The van der Waals surface area contributed by atoms with E-state index < -0.39 is 0 Å². The Labute approximate surface area is 85.2 Å². The third-order valence-corrected chi connectivity index (χ3v) is 2.66. The van der Waals surface area contributed by atoms with Crippen molar-refractivity contribution in [3.63, 3.8) is 0 Å². The maximum absolute atomic E-state index is 9.68. The summed E-state index contributed by atoms with van der Waals surface area (Å²) in [6.07, 6.45) is 0.996. The smallest absolute Gasteiger partial charge is 0.122 e. The fourth-order valence-electron chi connectivity index (χ4n) is 1.90. The highest BCUT2D eigenvalue weighted by atomic mass is 16.3. The first-order valence-electron chi connectivity index (χ1n) is 5.08. The highest BCUT2D eigenvalue weighted by Gasteiger charge is 2.17. The quantitative estimate of drug-likeness (QED) is 0.775. The first-order valence-corrected chi connectivity index (χ1v) is 5.08. The van der Waals surface area contributed by atoms with Gasteiger partial charge in [0, 0.05) is 6.07 Å². The molecule has 2 nitrogen and oxygen atoms in total. The Morgan fingerprint density at radius 1 is 1.21 bits per heavy atom. The Morgan fingerprint density at radius 3 is 2.29 bits per heavy atom. The standard InChI is InChI=1S/C12H18O2/c1-4-10(8(2)3)11-6-5-9(13)7-12(11)14/h5-8,10,13-14H,4H2,1-3H3. The summed E-state index contributed by atoms with van der Waals surface area (Å²) in [5, 5.41) is 18.9. The van der Waals surface area contributed by atoms with Crippen LogP contribution in [0.1, 0.15) is 38.7 Å². The molecule has 1 aromatic carbocycles. The SMILES string of the molecule is CCC(c1ccc(O)cc1O)C(C)C. The van der Waals surface area contributed by atoms with Crippen molar-refractivity contribution in [2.24, 2.45) is 5.92 Å². The van der Waals surface area contributed by atoms with Gasteiger partial charge in [0.05, 0.1) is 0 Å². The van der Waals surface area contributed by atoms with Crippen LogP contribution in [0.4, 0.5) is 0 Å². The molecule has 2 heteroatoms. The molecule has 0 radical (unpaired) electrons. The van der Waals surface area contributed by atoms with E-state index in [1.165, 1.54) is 6.07 Å². The highest BCUT2D eigenvalue weighted by Crippen LogP contribution is 2.35. The fourth-order valence-corrected chi connectivity index (χ4v) is 1.90. The van der Waals surface area contributed by atoms with Crippen LogP contribution in [-0.4, -0.2) is 10.2 Å². The van der Waals surface area contributed by atoms with E-state index in [1.54, 1.807) is 12.1 Å². The number of benzene rings is 1. The van der Waals surface area contributed by atoms with Crippen LogP contribution in [0.25, 0.3) is 0 Å². The second kappa shape index (κ2) is 4.36. The molecule has 2 N–H and O–H groups in total. The van der Waals surface area contributed by atoms with Gasteiger partial charge in [-0.3, -0.25) is 0 Å². The molecule has 0 bridgehead atoms. The molecule has 78 valence electrons. The van der Waals surface area contributed by atoms with E-state index in [9.17, 15) is 10.2 Å². The zero-order chi connectivity index (χ0) is 10.7. The Morgan fingerprint density at radius 2 is 1.86 bits per heavy atom. The van der Waals surface area contributed by atoms with Crippen LogP contribution in [0.3, 0.4) is 0 Å². The van der Waals surface area contributed by atoms with E-state index >= 15 is 0 Å². The Kier molecular flexibility index (Phi) is 3.39. The van der Waals surface area contributed by atoms with Gasteiger partial charge in [0.15, 0.2) is 0 Å². The summed E-state index contributed by atoms with van der Waals surface area (Å²) in [6.45, 7) is 6.39. The lowest BCUT2D eigenvalue weighted by Crippen LogP contribution is -2.05. The molecule has 1 rings (SSSR count). The van der Waals surface area contributed by atoms with Gasteiger partial charge < -0.3 is 10.2 Å². The van der Waals surface area contributed by atoms with Crippen LogP contribution in [-0.2, 0) is 0 Å². The van der Waals surface area contributed by atoms with Crippen LogP contribution in [0.15, 0.2) is 18.2 Å². The van der Waals surface area contributed by atoms with Crippen LogP contribution in [0.5, 0.6) is 11.5 Å². The van der Waals surface area contributed by atoms with Crippen molar-refractivity contribution in [2.45, 2.75) is 33.1 Å². The third-order valence-electron chi connectivity index (χ3n) is 2.66. The zero-order valence-corrected chi connectivity index (χ0v) is 8.99. The van der Waals surface area contributed by atoms with Crippen molar-refractivity contribution in [1.82, 2.24) is 0 Å². The fraction of sp³-hybridized carbons (Fsp3) is 0.500. The lowest BCUT2D eigenvalue weighted by atomic mass is 9.86. The van der Waals surface area contributed by atoms with Crippen molar-refractivity contribution >= 4 is 0 Å². The van der Waals surface area contributed by atoms with Gasteiger partial charge in [-0.1, -0.05) is 26.8 Å². The number of aromatic hydroxyl groups is 2. The number of phenolic OH excluding ortho intramolecular Hbond substituents is 2. The minimum absolute atomic E-state index is 0.116. The summed E-state index contributed by atoms with van der Waals surface area (Å²) in [6, 6.07) is 4.83. The topological polar surface area (TPSA) is 40.5 Å². The first kappa shape index (κ1) is 10.9. The van der Waals surface area contributed by atoms with Gasteiger partial charge in [-0.05, 0) is 29.9 Å². The number of hydrogen-bond acceptors (Lipinski definition) is 2. The van der Waals surface area contributed by atoms with Crippen molar-refractivity contribution in [2.75, 3.05) is 0 Å². The number of phenols is 2. The van der Waals surface area contributed by atoms with E-state index in [1.807, 2.05) is 0 Å². The van der Waals surface area contributed by atoms with E-state index in [4.69, 9.17) is 0 Å². The minimum Gasteiger partial charge on any atom is -0.508 e. The maximum atomic E-state index is 9.68.